The molecule has 0 atom stereocenters. The Kier molecular flexibility index (Phi) is 8.27. The average Bonchev–Trinajstić information content (AvgIpc) is 2.37. The van der Waals surface area contributed by atoms with E-state index in [0.717, 1.165) is 12.6 Å². The molecular formula is C12H19Cl2N3O4S. The third-order valence-electron chi connectivity index (χ3n) is 2.90. The number of benzene rings is 1. The van der Waals surface area contributed by atoms with Crippen LogP contribution in [0.2, 0.25) is 5.02 Å². The third-order valence-corrected chi connectivity index (χ3v) is 5.07. The van der Waals surface area contributed by atoms with Crippen LogP contribution in [0.4, 0.5) is 5.69 Å². The molecule has 1 aromatic carbocycles. The second kappa shape index (κ2) is 8.64. The van der Waals surface area contributed by atoms with Crippen LogP contribution in [0.15, 0.2) is 23.1 Å². The molecule has 1 aromatic rings. The van der Waals surface area contributed by atoms with Gasteiger partial charge in [-0.05, 0) is 39.2 Å². The fourth-order valence-corrected chi connectivity index (χ4v) is 3.12. The van der Waals surface area contributed by atoms with Gasteiger partial charge in [-0.15, -0.1) is 12.4 Å². The number of nitro benzene ring substituents is 1. The van der Waals surface area contributed by atoms with Gasteiger partial charge in [-0.1, -0.05) is 11.6 Å². The van der Waals surface area contributed by atoms with Crippen molar-refractivity contribution in [2.45, 2.75) is 11.3 Å². The summed E-state index contributed by atoms with van der Waals surface area (Å²) in [5, 5.41) is 10.7. The first-order valence-corrected chi connectivity index (χ1v) is 8.03. The molecule has 0 aliphatic rings. The van der Waals surface area contributed by atoms with Crippen LogP contribution in [0, 0.1) is 10.1 Å². The highest BCUT2D eigenvalue weighted by atomic mass is 35.5. The van der Waals surface area contributed by atoms with Crippen molar-refractivity contribution in [2.75, 3.05) is 34.2 Å². The van der Waals surface area contributed by atoms with E-state index < -0.39 is 20.6 Å². The second-order valence-electron chi connectivity index (χ2n) is 4.85. The standard InChI is InChI=1S/C12H18ClN3O4S.ClH/c1-14(2)7-4-8-15(3)21(19,20)10-5-6-11(13)12(9-10)16(17)18;/h5-6,9H,4,7-8H2,1-3H3;1H. The van der Waals surface area contributed by atoms with Gasteiger partial charge in [0.05, 0.1) is 9.82 Å². The summed E-state index contributed by atoms with van der Waals surface area (Å²) < 4.78 is 25.9. The lowest BCUT2D eigenvalue weighted by atomic mass is 10.3. The van der Waals surface area contributed by atoms with Crippen LogP contribution in [0.5, 0.6) is 0 Å². The molecule has 0 amide bonds. The van der Waals surface area contributed by atoms with Crippen molar-refractivity contribution in [1.29, 1.82) is 0 Å². The van der Waals surface area contributed by atoms with Crippen molar-refractivity contribution in [3.63, 3.8) is 0 Å². The maximum absolute atomic E-state index is 12.3. The molecule has 10 heteroatoms. The van der Waals surface area contributed by atoms with Crippen molar-refractivity contribution < 1.29 is 13.3 Å². The summed E-state index contributed by atoms with van der Waals surface area (Å²) in [6.45, 7) is 1.08. The van der Waals surface area contributed by atoms with E-state index in [0.29, 0.717) is 13.0 Å². The Balaban J connectivity index is 0.00000441. The second-order valence-corrected chi connectivity index (χ2v) is 7.31. The molecule has 0 radical (unpaired) electrons. The molecule has 0 spiro atoms. The molecule has 1 rings (SSSR count). The number of halogens is 2. The summed E-state index contributed by atoms with van der Waals surface area (Å²) in [6, 6.07) is 3.48. The Morgan fingerprint density at radius 2 is 1.82 bits per heavy atom. The lowest BCUT2D eigenvalue weighted by molar-refractivity contribution is -0.384. The Labute approximate surface area is 141 Å². The SMILES string of the molecule is CN(C)CCCN(C)S(=O)(=O)c1ccc(Cl)c([N+](=O)[O-])c1.Cl. The van der Waals surface area contributed by atoms with Crippen molar-refractivity contribution in [3.05, 3.63) is 33.3 Å². The van der Waals surface area contributed by atoms with E-state index in [-0.39, 0.29) is 22.3 Å². The molecule has 22 heavy (non-hydrogen) atoms. The molecule has 0 aromatic heterocycles. The van der Waals surface area contributed by atoms with Crippen molar-refractivity contribution >= 4 is 39.7 Å². The van der Waals surface area contributed by atoms with Gasteiger partial charge in [0, 0.05) is 19.7 Å². The highest BCUT2D eigenvalue weighted by molar-refractivity contribution is 7.89. The molecule has 126 valence electrons. The lowest BCUT2D eigenvalue weighted by Gasteiger charge is -2.18. The highest BCUT2D eigenvalue weighted by Gasteiger charge is 2.24. The zero-order valence-electron chi connectivity index (χ0n) is 12.5. The number of sulfonamides is 1. The summed E-state index contributed by atoms with van der Waals surface area (Å²) in [5.41, 5.74) is -0.417. The van der Waals surface area contributed by atoms with E-state index in [9.17, 15) is 18.5 Å². The molecule has 0 fully saturated rings. The van der Waals surface area contributed by atoms with E-state index in [2.05, 4.69) is 0 Å². The zero-order valence-corrected chi connectivity index (χ0v) is 14.9. The van der Waals surface area contributed by atoms with Crippen LogP contribution in [0.3, 0.4) is 0 Å². The van der Waals surface area contributed by atoms with Gasteiger partial charge in [-0.25, -0.2) is 12.7 Å². The van der Waals surface area contributed by atoms with Gasteiger partial charge in [0.2, 0.25) is 10.0 Å². The normalized spacial score (nSPS) is 11.5. The van der Waals surface area contributed by atoms with Gasteiger partial charge in [-0.2, -0.15) is 0 Å². The molecule has 0 heterocycles. The fourth-order valence-electron chi connectivity index (χ4n) is 1.70. The van der Waals surface area contributed by atoms with Gasteiger partial charge in [-0.3, -0.25) is 10.1 Å². The molecule has 0 N–H and O–H groups in total. The van der Waals surface area contributed by atoms with Crippen molar-refractivity contribution in [3.8, 4) is 0 Å². The number of nitrogens with zero attached hydrogens (tertiary/aromatic N) is 3. The fraction of sp³-hybridized carbons (Fsp3) is 0.500. The zero-order chi connectivity index (χ0) is 16.2. The van der Waals surface area contributed by atoms with Gasteiger partial charge in [0.25, 0.3) is 5.69 Å². The first-order valence-electron chi connectivity index (χ1n) is 6.21. The third kappa shape index (κ3) is 5.36. The first-order chi connectivity index (χ1) is 9.66. The Bertz CT molecular complexity index is 623. The maximum Gasteiger partial charge on any atom is 0.289 e. The molecule has 0 aliphatic heterocycles. The Hall–Kier alpha value is -0.930. The van der Waals surface area contributed by atoms with Gasteiger partial charge < -0.3 is 4.90 Å². The van der Waals surface area contributed by atoms with Crippen LogP contribution in [-0.4, -0.2) is 56.8 Å². The Morgan fingerprint density at radius 3 is 2.32 bits per heavy atom. The largest absolute Gasteiger partial charge is 0.309 e. The van der Waals surface area contributed by atoms with Crippen LogP contribution in [0.1, 0.15) is 6.42 Å². The van der Waals surface area contributed by atoms with E-state index in [4.69, 9.17) is 11.6 Å². The number of nitro groups is 1. The van der Waals surface area contributed by atoms with Gasteiger partial charge in [0.1, 0.15) is 5.02 Å². The molecule has 0 bridgehead atoms. The Morgan fingerprint density at radius 1 is 1.23 bits per heavy atom. The van der Waals surface area contributed by atoms with E-state index >= 15 is 0 Å². The van der Waals surface area contributed by atoms with Gasteiger partial charge in [0.15, 0.2) is 0 Å². The average molecular weight is 372 g/mol. The molecule has 0 saturated carbocycles. The topological polar surface area (TPSA) is 83.8 Å². The first kappa shape index (κ1) is 21.1. The van der Waals surface area contributed by atoms with Crippen molar-refractivity contribution in [2.24, 2.45) is 0 Å². The summed E-state index contributed by atoms with van der Waals surface area (Å²) in [5.74, 6) is 0. The summed E-state index contributed by atoms with van der Waals surface area (Å²) in [4.78, 5) is 11.9. The van der Waals surface area contributed by atoms with Crippen molar-refractivity contribution in [1.82, 2.24) is 9.21 Å². The molecule has 0 unspecified atom stereocenters. The molecule has 0 aliphatic carbocycles. The quantitative estimate of drug-likeness (QED) is 0.541. The van der Waals surface area contributed by atoms with Crippen LogP contribution in [0.25, 0.3) is 0 Å². The smallest absolute Gasteiger partial charge is 0.289 e. The van der Waals surface area contributed by atoms with E-state index in [1.54, 1.807) is 0 Å². The van der Waals surface area contributed by atoms with Gasteiger partial charge >= 0.3 is 0 Å². The van der Waals surface area contributed by atoms with Crippen LogP contribution in [-0.2, 0) is 10.0 Å². The molecular weight excluding hydrogens is 353 g/mol. The maximum atomic E-state index is 12.3. The summed E-state index contributed by atoms with van der Waals surface area (Å²) in [7, 11) is 1.49. The minimum Gasteiger partial charge on any atom is -0.309 e. The van der Waals surface area contributed by atoms with E-state index in [1.807, 2.05) is 19.0 Å². The number of hydrogen-bond donors (Lipinski definition) is 0. The molecule has 0 saturated heterocycles. The summed E-state index contributed by atoms with van der Waals surface area (Å²) in [6.07, 6.45) is 0.665. The van der Waals surface area contributed by atoms with Crippen LogP contribution < -0.4 is 0 Å². The molecule has 7 nitrogen and oxygen atoms in total. The number of hydrogen-bond acceptors (Lipinski definition) is 5. The minimum absolute atomic E-state index is 0. The monoisotopic (exact) mass is 371 g/mol. The highest BCUT2D eigenvalue weighted by Crippen LogP contribution is 2.28. The minimum atomic E-state index is -3.76. The van der Waals surface area contributed by atoms with Crippen LogP contribution >= 0.6 is 24.0 Å². The van der Waals surface area contributed by atoms with E-state index in [1.165, 1.54) is 23.5 Å². The predicted octanol–water partition coefficient (Wildman–Crippen LogP) is 2.24. The number of rotatable bonds is 7. The predicted molar refractivity (Wildman–Crippen MR) is 88.3 cm³/mol. The lowest BCUT2D eigenvalue weighted by Crippen LogP contribution is -2.30. The summed E-state index contributed by atoms with van der Waals surface area (Å²) >= 11 is 5.68.